The number of carbonyl (C=O) groups is 2. The molecule has 1 fully saturated rings. The highest BCUT2D eigenvalue weighted by Gasteiger charge is 2.28. The first-order valence-corrected chi connectivity index (χ1v) is 16.1. The standard InChI is InChI=1S/C30H40N4O5S.CH2O2/c1-3-26-12-13-27(39-26)20-31-21-29(35)28(16-22-10-6-5-7-11-22)33-30(36)23-17-24(32-4-2)19-25(18-23)34-14-8-9-15-40(34,37)38;2-1-3/h5-7,10-13,17-19,28-29,31-32,35H,3-4,8-9,14-16,20-21H2,1-2H3,(H,33,36);1H,(H,2,3)/t28-,29+;/m0./s1. The normalized spacial score (nSPS) is 15.5. The van der Waals surface area contributed by atoms with Crippen molar-refractivity contribution in [2.24, 2.45) is 0 Å². The van der Waals surface area contributed by atoms with E-state index in [-0.39, 0.29) is 24.7 Å². The molecule has 0 spiro atoms. The topological polar surface area (TPSA) is 161 Å². The molecule has 1 aliphatic heterocycles. The van der Waals surface area contributed by atoms with Crippen molar-refractivity contribution in [1.29, 1.82) is 0 Å². The van der Waals surface area contributed by atoms with Crippen LogP contribution in [0.2, 0.25) is 0 Å². The van der Waals surface area contributed by atoms with E-state index in [1.54, 1.807) is 18.2 Å². The molecule has 5 N–H and O–H groups in total. The Bertz CT molecular complexity index is 1410. The van der Waals surface area contributed by atoms with Gasteiger partial charge in [-0.15, -0.1) is 0 Å². The highest BCUT2D eigenvalue weighted by molar-refractivity contribution is 7.92. The molecule has 4 rings (SSSR count). The zero-order chi connectivity index (χ0) is 31.2. The molecule has 43 heavy (non-hydrogen) atoms. The second-order valence-corrected chi connectivity index (χ2v) is 12.2. The molecule has 234 valence electrons. The Morgan fingerprint density at radius 1 is 1.07 bits per heavy atom. The Labute approximate surface area is 253 Å². The molecule has 0 radical (unpaired) electrons. The van der Waals surface area contributed by atoms with E-state index < -0.39 is 22.2 Å². The van der Waals surface area contributed by atoms with Crippen molar-refractivity contribution in [3.8, 4) is 0 Å². The van der Waals surface area contributed by atoms with Crippen molar-refractivity contribution < 1.29 is 32.6 Å². The predicted octanol–water partition coefficient (Wildman–Crippen LogP) is 3.40. The zero-order valence-corrected chi connectivity index (χ0v) is 25.5. The van der Waals surface area contributed by atoms with Gasteiger partial charge in [0.1, 0.15) is 11.5 Å². The minimum atomic E-state index is -3.44. The van der Waals surface area contributed by atoms with Gasteiger partial charge in [-0.25, -0.2) is 8.42 Å². The number of aryl methyl sites for hydroxylation is 1. The van der Waals surface area contributed by atoms with Gasteiger partial charge in [0.25, 0.3) is 12.4 Å². The van der Waals surface area contributed by atoms with Gasteiger partial charge in [-0.3, -0.25) is 13.9 Å². The van der Waals surface area contributed by atoms with Crippen LogP contribution in [0, 0.1) is 0 Å². The van der Waals surface area contributed by atoms with Crippen molar-refractivity contribution in [1.82, 2.24) is 10.6 Å². The fourth-order valence-electron chi connectivity index (χ4n) is 4.87. The van der Waals surface area contributed by atoms with Gasteiger partial charge in [-0.1, -0.05) is 37.3 Å². The number of anilines is 2. The molecule has 0 bridgehead atoms. The number of benzene rings is 2. The van der Waals surface area contributed by atoms with E-state index in [0.29, 0.717) is 49.4 Å². The molecule has 1 amide bonds. The van der Waals surface area contributed by atoms with Crippen molar-refractivity contribution >= 4 is 33.8 Å². The number of hydrogen-bond donors (Lipinski definition) is 5. The van der Waals surface area contributed by atoms with E-state index in [2.05, 4.69) is 16.0 Å². The number of carboxylic acid groups (broad SMARTS) is 1. The van der Waals surface area contributed by atoms with Gasteiger partial charge < -0.3 is 30.6 Å². The summed E-state index contributed by atoms with van der Waals surface area (Å²) >= 11 is 0. The predicted molar refractivity (Wildman–Crippen MR) is 167 cm³/mol. The van der Waals surface area contributed by atoms with E-state index in [4.69, 9.17) is 14.3 Å². The highest BCUT2D eigenvalue weighted by atomic mass is 32.2. The molecule has 0 aliphatic carbocycles. The molecule has 0 saturated carbocycles. The van der Waals surface area contributed by atoms with E-state index in [1.807, 2.05) is 56.3 Å². The number of aliphatic hydroxyl groups excluding tert-OH is 1. The smallest absolute Gasteiger partial charge is 0.290 e. The van der Waals surface area contributed by atoms with Crippen molar-refractivity contribution in [2.75, 3.05) is 35.0 Å². The molecule has 12 heteroatoms. The van der Waals surface area contributed by atoms with Gasteiger partial charge in [-0.05, 0) is 62.1 Å². The number of furan rings is 1. The third-order valence-electron chi connectivity index (χ3n) is 7.00. The lowest BCUT2D eigenvalue weighted by atomic mass is 10.00. The number of rotatable bonds is 13. The SMILES string of the molecule is CCNc1cc(C(=O)N[C@@H](Cc2ccccc2)[C@H](O)CNCc2ccc(CC)o2)cc(N2CCCCS2(=O)=O)c1.O=CO. The Balaban J connectivity index is 0.00000162. The maximum atomic E-state index is 13.6. The van der Waals surface area contributed by atoms with Crippen LogP contribution in [0.4, 0.5) is 11.4 Å². The maximum Gasteiger partial charge on any atom is 0.290 e. The molecular formula is C31H42N4O7S. The second-order valence-electron chi connectivity index (χ2n) is 10.2. The van der Waals surface area contributed by atoms with Crippen LogP contribution in [0.1, 0.15) is 54.1 Å². The Kier molecular flexibility index (Phi) is 13.0. The van der Waals surface area contributed by atoms with Crippen LogP contribution in [0.25, 0.3) is 0 Å². The third-order valence-corrected chi connectivity index (χ3v) is 8.87. The first kappa shape index (κ1) is 33.6. The van der Waals surface area contributed by atoms with E-state index in [1.165, 1.54) is 4.31 Å². The summed E-state index contributed by atoms with van der Waals surface area (Å²) in [6.45, 7) is 5.42. The lowest BCUT2D eigenvalue weighted by Crippen LogP contribution is -2.48. The largest absolute Gasteiger partial charge is 0.483 e. The molecule has 2 atom stereocenters. The summed E-state index contributed by atoms with van der Waals surface area (Å²) in [5.41, 5.74) is 2.44. The van der Waals surface area contributed by atoms with Gasteiger partial charge in [0.05, 0.1) is 30.1 Å². The average Bonchev–Trinajstić information content (AvgIpc) is 3.45. The molecular weight excluding hydrogens is 572 g/mol. The Morgan fingerprint density at radius 2 is 1.79 bits per heavy atom. The van der Waals surface area contributed by atoms with Crippen LogP contribution < -0.4 is 20.3 Å². The summed E-state index contributed by atoms with van der Waals surface area (Å²) in [5.74, 6) is 1.40. The number of hydrogen-bond acceptors (Lipinski definition) is 8. The van der Waals surface area contributed by atoms with Gasteiger partial charge in [-0.2, -0.15) is 0 Å². The number of sulfonamides is 1. The molecule has 11 nitrogen and oxygen atoms in total. The minimum absolute atomic E-state index is 0.0933. The maximum absolute atomic E-state index is 13.6. The van der Waals surface area contributed by atoms with E-state index in [9.17, 15) is 18.3 Å². The van der Waals surface area contributed by atoms with E-state index in [0.717, 1.165) is 29.9 Å². The van der Waals surface area contributed by atoms with Crippen molar-refractivity contribution in [2.45, 2.75) is 58.2 Å². The van der Waals surface area contributed by atoms with Crippen LogP contribution in [0.5, 0.6) is 0 Å². The third kappa shape index (κ3) is 10.1. The molecule has 2 aromatic carbocycles. The highest BCUT2D eigenvalue weighted by Crippen LogP contribution is 2.28. The van der Waals surface area contributed by atoms with Crippen LogP contribution in [0.3, 0.4) is 0 Å². The number of carbonyl (C=O) groups excluding carboxylic acids is 1. The summed E-state index contributed by atoms with van der Waals surface area (Å²) in [5, 5.41) is 27.5. The fourth-order valence-corrected chi connectivity index (χ4v) is 6.49. The zero-order valence-electron chi connectivity index (χ0n) is 24.7. The summed E-state index contributed by atoms with van der Waals surface area (Å²) in [6, 6.07) is 18.0. The Hall–Kier alpha value is -3.87. The second kappa shape index (κ2) is 16.7. The van der Waals surface area contributed by atoms with Crippen LogP contribution in [-0.2, 0) is 34.2 Å². The average molecular weight is 615 g/mol. The summed E-state index contributed by atoms with van der Waals surface area (Å²) < 4.78 is 32.7. The number of nitrogens with zero attached hydrogens (tertiary/aromatic N) is 1. The Morgan fingerprint density at radius 3 is 2.44 bits per heavy atom. The molecule has 3 aromatic rings. The van der Waals surface area contributed by atoms with Gasteiger partial charge in [0, 0.05) is 37.3 Å². The lowest BCUT2D eigenvalue weighted by Gasteiger charge is -2.29. The van der Waals surface area contributed by atoms with Crippen molar-refractivity contribution in [3.05, 3.63) is 83.3 Å². The van der Waals surface area contributed by atoms with Crippen LogP contribution in [-0.4, -0.2) is 68.5 Å². The fraction of sp³-hybridized carbons (Fsp3) is 0.419. The van der Waals surface area contributed by atoms with Crippen LogP contribution in [0.15, 0.2) is 65.1 Å². The first-order chi connectivity index (χ1) is 20.7. The summed E-state index contributed by atoms with van der Waals surface area (Å²) in [4.78, 5) is 21.9. The number of amides is 1. The molecule has 0 unspecified atom stereocenters. The summed E-state index contributed by atoms with van der Waals surface area (Å²) in [6.07, 6.45) is 1.75. The molecule has 1 saturated heterocycles. The quantitative estimate of drug-likeness (QED) is 0.182. The number of nitrogens with one attached hydrogen (secondary N) is 3. The minimum Gasteiger partial charge on any atom is -0.483 e. The van der Waals surface area contributed by atoms with E-state index >= 15 is 0 Å². The molecule has 1 aromatic heterocycles. The van der Waals surface area contributed by atoms with Gasteiger partial charge in [0.2, 0.25) is 10.0 Å². The lowest BCUT2D eigenvalue weighted by molar-refractivity contribution is -0.122. The number of aliphatic hydroxyl groups is 1. The van der Waals surface area contributed by atoms with Gasteiger partial charge >= 0.3 is 0 Å². The first-order valence-electron chi connectivity index (χ1n) is 14.5. The monoisotopic (exact) mass is 614 g/mol. The van der Waals surface area contributed by atoms with Crippen molar-refractivity contribution in [3.63, 3.8) is 0 Å². The van der Waals surface area contributed by atoms with Gasteiger partial charge in [0.15, 0.2) is 0 Å². The molecule has 2 heterocycles. The summed E-state index contributed by atoms with van der Waals surface area (Å²) in [7, 11) is -3.44. The van der Waals surface area contributed by atoms with Crippen LogP contribution >= 0.6 is 0 Å². The molecule has 1 aliphatic rings.